The maximum Gasteiger partial charge on any atom is 0.188 e. The van der Waals surface area contributed by atoms with Gasteiger partial charge in [-0.2, -0.15) is 0 Å². The Morgan fingerprint density at radius 2 is 2.22 bits per heavy atom. The number of aliphatic imine (C=N–C) groups is 1. The van der Waals surface area contributed by atoms with E-state index in [0.717, 1.165) is 18.7 Å². The van der Waals surface area contributed by atoms with Crippen LogP contribution in [0.2, 0.25) is 0 Å². The Kier molecular flexibility index (Phi) is 9.45. The molecule has 0 bridgehead atoms. The van der Waals surface area contributed by atoms with Gasteiger partial charge < -0.3 is 11.1 Å². The van der Waals surface area contributed by atoms with E-state index in [-0.39, 0.29) is 24.0 Å². The second kappa shape index (κ2) is 9.61. The lowest BCUT2D eigenvalue weighted by atomic mass is 10.0. The number of nitrogens with zero attached hydrogens (tertiary/aromatic N) is 2. The first kappa shape index (κ1) is 17.7. The van der Waals surface area contributed by atoms with E-state index in [4.69, 9.17) is 5.73 Å². The second-order valence-electron chi connectivity index (χ2n) is 4.82. The molecule has 1 unspecified atom stereocenters. The number of guanidine groups is 1. The van der Waals surface area contributed by atoms with Crippen molar-refractivity contribution < 1.29 is 0 Å². The Hall–Kier alpha value is -0.300. The monoisotopic (exact) mass is 366 g/mol. The fourth-order valence-corrected chi connectivity index (χ4v) is 2.21. The van der Waals surface area contributed by atoms with Gasteiger partial charge in [-0.3, -0.25) is 4.90 Å². The standard InChI is InChI=1S/C13H26N4.HI/c1-4-17-8-6-5-7-12(17)10-16-13(14)15-9-11(2)3;/h12H,2,4-10H2,1,3H3,(H3,14,15,16);1H. The maximum atomic E-state index is 5.81. The van der Waals surface area contributed by atoms with Crippen molar-refractivity contribution in [2.75, 3.05) is 26.2 Å². The third kappa shape index (κ3) is 6.58. The summed E-state index contributed by atoms with van der Waals surface area (Å²) >= 11 is 0. The van der Waals surface area contributed by atoms with E-state index in [1.165, 1.54) is 25.8 Å². The summed E-state index contributed by atoms with van der Waals surface area (Å²) in [5, 5.41) is 3.22. The Labute approximate surface area is 128 Å². The van der Waals surface area contributed by atoms with E-state index in [1.54, 1.807) is 0 Å². The summed E-state index contributed by atoms with van der Waals surface area (Å²) in [4.78, 5) is 6.74. The normalized spacial score (nSPS) is 21.2. The maximum absolute atomic E-state index is 5.81. The molecule has 0 aliphatic carbocycles. The number of piperidine rings is 1. The quantitative estimate of drug-likeness (QED) is 0.339. The lowest BCUT2D eigenvalue weighted by Gasteiger charge is -2.35. The van der Waals surface area contributed by atoms with Crippen molar-refractivity contribution in [2.45, 2.75) is 39.2 Å². The lowest BCUT2D eigenvalue weighted by Crippen LogP contribution is -2.48. The molecule has 1 aliphatic rings. The van der Waals surface area contributed by atoms with Gasteiger partial charge in [0, 0.05) is 12.6 Å². The van der Waals surface area contributed by atoms with Crippen LogP contribution in [0.25, 0.3) is 0 Å². The molecule has 0 saturated carbocycles. The fourth-order valence-electron chi connectivity index (χ4n) is 2.21. The second-order valence-corrected chi connectivity index (χ2v) is 4.82. The van der Waals surface area contributed by atoms with Crippen LogP contribution >= 0.6 is 24.0 Å². The SMILES string of the molecule is C=C(C)CN=C(N)NCC1CCCCN1CC.I. The molecule has 3 N–H and O–H groups in total. The van der Waals surface area contributed by atoms with Crippen molar-refractivity contribution in [2.24, 2.45) is 10.7 Å². The first-order valence-corrected chi connectivity index (χ1v) is 6.55. The highest BCUT2D eigenvalue weighted by Gasteiger charge is 2.20. The number of likely N-dealkylation sites (tertiary alicyclic amines) is 1. The summed E-state index contributed by atoms with van der Waals surface area (Å²) in [6, 6.07) is 0.604. The molecule has 0 amide bonds. The minimum Gasteiger partial charge on any atom is -0.370 e. The zero-order valence-corrected chi connectivity index (χ0v) is 13.9. The first-order chi connectivity index (χ1) is 8.13. The average molecular weight is 366 g/mol. The summed E-state index contributed by atoms with van der Waals surface area (Å²) in [5.74, 6) is 0.537. The zero-order chi connectivity index (χ0) is 12.7. The minimum absolute atomic E-state index is 0. The molecule has 5 heteroatoms. The van der Waals surface area contributed by atoms with Crippen LogP contribution in [0.1, 0.15) is 33.1 Å². The smallest absolute Gasteiger partial charge is 0.188 e. The predicted octanol–water partition coefficient (Wildman–Crippen LogP) is 1.96. The molecule has 0 spiro atoms. The number of nitrogens with two attached hydrogens (primary N) is 1. The van der Waals surface area contributed by atoms with Crippen LogP contribution in [0.5, 0.6) is 0 Å². The van der Waals surface area contributed by atoms with Crippen molar-refractivity contribution >= 4 is 29.9 Å². The van der Waals surface area contributed by atoms with E-state index in [2.05, 4.69) is 28.7 Å². The van der Waals surface area contributed by atoms with Gasteiger partial charge in [0.05, 0.1) is 6.54 Å². The van der Waals surface area contributed by atoms with E-state index in [1.807, 2.05) is 6.92 Å². The van der Waals surface area contributed by atoms with Gasteiger partial charge in [-0.05, 0) is 32.9 Å². The van der Waals surface area contributed by atoms with Crippen LogP contribution in [0.4, 0.5) is 0 Å². The van der Waals surface area contributed by atoms with Crippen LogP contribution < -0.4 is 11.1 Å². The third-order valence-electron chi connectivity index (χ3n) is 3.19. The summed E-state index contributed by atoms with van der Waals surface area (Å²) in [6.07, 6.45) is 3.91. The Morgan fingerprint density at radius 1 is 1.50 bits per heavy atom. The van der Waals surface area contributed by atoms with Gasteiger partial charge in [0.25, 0.3) is 0 Å². The van der Waals surface area contributed by atoms with Crippen LogP contribution in [0.3, 0.4) is 0 Å². The van der Waals surface area contributed by atoms with Crippen LogP contribution in [-0.4, -0.2) is 43.1 Å². The van der Waals surface area contributed by atoms with Gasteiger partial charge in [0.1, 0.15) is 0 Å². The number of likely N-dealkylation sites (N-methyl/N-ethyl adjacent to an activating group) is 1. The van der Waals surface area contributed by atoms with Crippen LogP contribution in [-0.2, 0) is 0 Å². The fraction of sp³-hybridized carbons (Fsp3) is 0.769. The average Bonchev–Trinajstić information content (AvgIpc) is 2.34. The van der Waals surface area contributed by atoms with Crippen molar-refractivity contribution in [1.29, 1.82) is 0 Å². The van der Waals surface area contributed by atoms with Gasteiger partial charge in [-0.15, -0.1) is 24.0 Å². The molecule has 4 nitrogen and oxygen atoms in total. The summed E-state index contributed by atoms with van der Waals surface area (Å²) < 4.78 is 0. The van der Waals surface area contributed by atoms with E-state index < -0.39 is 0 Å². The molecule has 0 aromatic rings. The summed E-state index contributed by atoms with van der Waals surface area (Å²) in [6.45, 7) is 11.8. The molecule has 1 fully saturated rings. The van der Waals surface area contributed by atoms with Crippen molar-refractivity contribution in [3.05, 3.63) is 12.2 Å². The third-order valence-corrected chi connectivity index (χ3v) is 3.19. The molecule has 1 aliphatic heterocycles. The molecular weight excluding hydrogens is 339 g/mol. The van der Waals surface area contributed by atoms with Crippen LogP contribution in [0, 0.1) is 0 Å². The number of hydrogen-bond donors (Lipinski definition) is 2. The molecule has 0 radical (unpaired) electrons. The number of rotatable bonds is 5. The van der Waals surface area contributed by atoms with Gasteiger partial charge in [-0.25, -0.2) is 4.99 Å². The predicted molar refractivity (Wildman–Crippen MR) is 89.6 cm³/mol. The van der Waals surface area contributed by atoms with E-state index in [0.29, 0.717) is 18.5 Å². The van der Waals surface area contributed by atoms with Crippen molar-refractivity contribution in [3.63, 3.8) is 0 Å². The van der Waals surface area contributed by atoms with Gasteiger partial charge in [0.2, 0.25) is 0 Å². The molecule has 1 atom stereocenters. The van der Waals surface area contributed by atoms with Gasteiger partial charge in [-0.1, -0.05) is 25.5 Å². The van der Waals surface area contributed by atoms with E-state index >= 15 is 0 Å². The minimum atomic E-state index is 0. The summed E-state index contributed by atoms with van der Waals surface area (Å²) in [5.41, 5.74) is 6.84. The molecular formula is C13H27IN4. The highest BCUT2D eigenvalue weighted by Crippen LogP contribution is 2.15. The molecule has 0 aromatic carbocycles. The molecule has 106 valence electrons. The zero-order valence-electron chi connectivity index (χ0n) is 11.6. The number of hydrogen-bond acceptors (Lipinski definition) is 2. The van der Waals surface area contributed by atoms with Gasteiger partial charge in [0.15, 0.2) is 5.96 Å². The Bertz CT molecular complexity index is 278. The lowest BCUT2D eigenvalue weighted by molar-refractivity contribution is 0.157. The topological polar surface area (TPSA) is 53.6 Å². The van der Waals surface area contributed by atoms with Gasteiger partial charge >= 0.3 is 0 Å². The highest BCUT2D eigenvalue weighted by molar-refractivity contribution is 14.0. The van der Waals surface area contributed by atoms with Crippen molar-refractivity contribution in [3.8, 4) is 0 Å². The van der Waals surface area contributed by atoms with Crippen molar-refractivity contribution in [1.82, 2.24) is 10.2 Å². The van der Waals surface area contributed by atoms with Crippen LogP contribution in [0.15, 0.2) is 17.1 Å². The Morgan fingerprint density at radius 3 is 2.83 bits per heavy atom. The Balaban J connectivity index is 0.00000289. The highest BCUT2D eigenvalue weighted by atomic mass is 127. The molecule has 1 saturated heterocycles. The molecule has 1 rings (SSSR count). The number of halogens is 1. The molecule has 0 aromatic heterocycles. The van der Waals surface area contributed by atoms with E-state index in [9.17, 15) is 0 Å². The summed E-state index contributed by atoms with van der Waals surface area (Å²) in [7, 11) is 0. The molecule has 1 heterocycles. The number of nitrogens with one attached hydrogen (secondary N) is 1. The largest absolute Gasteiger partial charge is 0.370 e. The molecule has 18 heavy (non-hydrogen) atoms. The first-order valence-electron chi connectivity index (χ1n) is 6.55.